The van der Waals surface area contributed by atoms with Crippen molar-refractivity contribution in [2.45, 2.75) is 39.4 Å². The SMILES string of the molecule is CC(C)NC(=O)c1cc(NC(=O)NC(C)Cn2cncn2)ccc1Cl. The van der Waals surface area contributed by atoms with E-state index in [2.05, 4.69) is 26.0 Å². The molecule has 0 saturated carbocycles. The van der Waals surface area contributed by atoms with E-state index in [1.54, 1.807) is 29.2 Å². The quantitative estimate of drug-likeness (QED) is 0.731. The van der Waals surface area contributed by atoms with Gasteiger partial charge in [0.1, 0.15) is 12.7 Å². The number of nitrogens with one attached hydrogen (secondary N) is 3. The minimum Gasteiger partial charge on any atom is -0.350 e. The number of hydrogen-bond acceptors (Lipinski definition) is 4. The number of anilines is 1. The van der Waals surface area contributed by atoms with Gasteiger partial charge in [0, 0.05) is 17.8 Å². The Balaban J connectivity index is 1.97. The van der Waals surface area contributed by atoms with Crippen molar-refractivity contribution in [2.75, 3.05) is 5.32 Å². The lowest BCUT2D eigenvalue weighted by molar-refractivity contribution is 0.0943. The maximum Gasteiger partial charge on any atom is 0.319 e. The summed E-state index contributed by atoms with van der Waals surface area (Å²) in [5.41, 5.74) is 0.785. The van der Waals surface area contributed by atoms with Gasteiger partial charge in [-0.05, 0) is 39.0 Å². The Morgan fingerprint density at radius 3 is 2.64 bits per heavy atom. The molecule has 0 radical (unpaired) electrons. The van der Waals surface area contributed by atoms with Gasteiger partial charge in [-0.15, -0.1) is 0 Å². The second kappa shape index (κ2) is 8.48. The fourth-order valence-corrected chi connectivity index (χ4v) is 2.36. The van der Waals surface area contributed by atoms with Gasteiger partial charge in [-0.3, -0.25) is 9.48 Å². The Bertz CT molecular complexity index is 732. The van der Waals surface area contributed by atoms with Gasteiger partial charge < -0.3 is 16.0 Å². The van der Waals surface area contributed by atoms with Gasteiger partial charge in [-0.1, -0.05) is 11.6 Å². The van der Waals surface area contributed by atoms with Crippen LogP contribution in [0.2, 0.25) is 5.02 Å². The Morgan fingerprint density at radius 2 is 2.00 bits per heavy atom. The average Bonchev–Trinajstić information content (AvgIpc) is 3.00. The normalized spacial score (nSPS) is 11.9. The molecule has 2 rings (SSSR count). The third kappa shape index (κ3) is 5.75. The summed E-state index contributed by atoms with van der Waals surface area (Å²) in [6.07, 6.45) is 3.01. The molecule has 3 amide bonds. The van der Waals surface area contributed by atoms with Crippen LogP contribution in [0.15, 0.2) is 30.9 Å². The number of carbonyl (C=O) groups excluding carboxylic acids is 2. The lowest BCUT2D eigenvalue weighted by Crippen LogP contribution is -2.38. The average molecular weight is 365 g/mol. The lowest BCUT2D eigenvalue weighted by Gasteiger charge is -2.15. The summed E-state index contributed by atoms with van der Waals surface area (Å²) >= 11 is 6.07. The molecule has 134 valence electrons. The van der Waals surface area contributed by atoms with Gasteiger partial charge in [0.25, 0.3) is 5.91 Å². The van der Waals surface area contributed by atoms with Gasteiger partial charge >= 0.3 is 6.03 Å². The van der Waals surface area contributed by atoms with Gasteiger partial charge in [0.05, 0.1) is 17.1 Å². The van der Waals surface area contributed by atoms with Gasteiger partial charge in [0.15, 0.2) is 0 Å². The highest BCUT2D eigenvalue weighted by Gasteiger charge is 2.14. The molecular weight excluding hydrogens is 344 g/mol. The minimum atomic E-state index is -0.384. The molecule has 25 heavy (non-hydrogen) atoms. The first-order valence-electron chi connectivity index (χ1n) is 7.85. The molecule has 0 saturated heterocycles. The van der Waals surface area contributed by atoms with Crippen LogP contribution >= 0.6 is 11.6 Å². The van der Waals surface area contributed by atoms with Gasteiger partial charge in [0.2, 0.25) is 0 Å². The van der Waals surface area contributed by atoms with Crippen molar-refractivity contribution in [3.63, 3.8) is 0 Å². The minimum absolute atomic E-state index is 0.0129. The monoisotopic (exact) mass is 364 g/mol. The number of rotatable bonds is 6. The molecule has 8 nitrogen and oxygen atoms in total. The van der Waals surface area contributed by atoms with Crippen LogP contribution in [0.1, 0.15) is 31.1 Å². The van der Waals surface area contributed by atoms with Crippen LogP contribution in [0.5, 0.6) is 0 Å². The summed E-state index contributed by atoms with van der Waals surface area (Å²) in [4.78, 5) is 28.1. The van der Waals surface area contributed by atoms with Crippen molar-refractivity contribution in [1.82, 2.24) is 25.4 Å². The molecule has 0 spiro atoms. The van der Waals surface area contributed by atoms with E-state index in [0.717, 1.165) is 0 Å². The smallest absolute Gasteiger partial charge is 0.319 e. The number of benzene rings is 1. The molecule has 3 N–H and O–H groups in total. The third-order valence-corrected chi connectivity index (χ3v) is 3.52. The molecule has 1 unspecified atom stereocenters. The molecule has 0 bridgehead atoms. The zero-order valence-corrected chi connectivity index (χ0v) is 15.0. The number of amides is 3. The number of urea groups is 1. The molecule has 2 aromatic rings. The molecular formula is C16H21ClN6O2. The molecule has 1 aromatic heterocycles. The number of halogens is 1. The Morgan fingerprint density at radius 1 is 1.24 bits per heavy atom. The highest BCUT2D eigenvalue weighted by atomic mass is 35.5. The van der Waals surface area contributed by atoms with Crippen molar-refractivity contribution in [3.05, 3.63) is 41.4 Å². The van der Waals surface area contributed by atoms with Crippen molar-refractivity contribution in [1.29, 1.82) is 0 Å². The predicted molar refractivity (Wildman–Crippen MR) is 95.7 cm³/mol. The summed E-state index contributed by atoms with van der Waals surface area (Å²) < 4.78 is 1.63. The summed E-state index contributed by atoms with van der Waals surface area (Å²) in [5.74, 6) is -0.288. The van der Waals surface area contributed by atoms with Crippen molar-refractivity contribution in [2.24, 2.45) is 0 Å². The van der Waals surface area contributed by atoms with E-state index in [1.165, 1.54) is 6.33 Å². The molecule has 0 aliphatic rings. The van der Waals surface area contributed by atoms with Crippen molar-refractivity contribution < 1.29 is 9.59 Å². The summed E-state index contributed by atoms with van der Waals surface area (Å²) in [5, 5.41) is 12.6. The van der Waals surface area contributed by atoms with E-state index in [-0.39, 0.29) is 24.0 Å². The number of carbonyl (C=O) groups is 2. The number of aromatic nitrogens is 3. The Kier molecular flexibility index (Phi) is 6.35. The predicted octanol–water partition coefficient (Wildman–Crippen LogP) is 2.28. The van der Waals surface area contributed by atoms with Crippen molar-refractivity contribution in [3.8, 4) is 0 Å². The summed E-state index contributed by atoms with van der Waals surface area (Å²) in [6.45, 7) is 6.07. The Labute approximate surface area is 151 Å². The zero-order valence-electron chi connectivity index (χ0n) is 14.3. The highest BCUT2D eigenvalue weighted by Crippen LogP contribution is 2.20. The lowest BCUT2D eigenvalue weighted by atomic mass is 10.1. The van der Waals surface area contributed by atoms with E-state index < -0.39 is 0 Å². The van der Waals surface area contributed by atoms with Crippen LogP contribution < -0.4 is 16.0 Å². The van der Waals surface area contributed by atoms with Crippen LogP contribution in [0.4, 0.5) is 10.5 Å². The summed E-state index contributed by atoms with van der Waals surface area (Å²) in [6, 6.07) is 4.20. The van der Waals surface area contributed by atoms with E-state index in [1.807, 2.05) is 20.8 Å². The Hall–Kier alpha value is -2.61. The zero-order chi connectivity index (χ0) is 18.4. The molecule has 0 aliphatic heterocycles. The molecule has 1 heterocycles. The summed E-state index contributed by atoms with van der Waals surface area (Å²) in [7, 11) is 0. The maximum absolute atomic E-state index is 12.1. The standard InChI is InChI=1S/C16H21ClN6O2/c1-10(2)20-15(24)13-6-12(4-5-14(13)17)22-16(25)21-11(3)7-23-9-18-8-19-23/h4-6,8-11H,7H2,1-3H3,(H,20,24)(H2,21,22,25). The molecule has 0 fully saturated rings. The third-order valence-electron chi connectivity index (χ3n) is 3.19. The van der Waals surface area contributed by atoms with E-state index in [0.29, 0.717) is 22.8 Å². The van der Waals surface area contributed by atoms with E-state index in [4.69, 9.17) is 11.6 Å². The molecule has 9 heteroatoms. The second-order valence-corrected chi connectivity index (χ2v) is 6.35. The first kappa shape index (κ1) is 18.7. The topological polar surface area (TPSA) is 101 Å². The first-order chi connectivity index (χ1) is 11.8. The van der Waals surface area contributed by atoms with Crippen LogP contribution in [0, 0.1) is 0 Å². The first-order valence-corrected chi connectivity index (χ1v) is 8.23. The van der Waals surface area contributed by atoms with Gasteiger partial charge in [-0.2, -0.15) is 5.10 Å². The molecule has 1 aromatic carbocycles. The van der Waals surface area contributed by atoms with Crippen LogP contribution in [-0.4, -0.2) is 38.8 Å². The maximum atomic E-state index is 12.1. The largest absolute Gasteiger partial charge is 0.350 e. The number of nitrogens with zero attached hydrogens (tertiary/aromatic N) is 3. The number of hydrogen-bond donors (Lipinski definition) is 3. The highest BCUT2D eigenvalue weighted by molar-refractivity contribution is 6.34. The van der Waals surface area contributed by atoms with E-state index >= 15 is 0 Å². The van der Waals surface area contributed by atoms with Gasteiger partial charge in [-0.25, -0.2) is 9.78 Å². The van der Waals surface area contributed by atoms with Crippen LogP contribution in [0.3, 0.4) is 0 Å². The fraction of sp³-hybridized carbons (Fsp3) is 0.375. The van der Waals surface area contributed by atoms with E-state index in [9.17, 15) is 9.59 Å². The van der Waals surface area contributed by atoms with Crippen LogP contribution in [-0.2, 0) is 6.54 Å². The molecule has 1 atom stereocenters. The van der Waals surface area contributed by atoms with Crippen LogP contribution in [0.25, 0.3) is 0 Å². The van der Waals surface area contributed by atoms with Crippen molar-refractivity contribution >= 4 is 29.2 Å². The molecule has 0 aliphatic carbocycles. The fourth-order valence-electron chi connectivity index (χ4n) is 2.16. The second-order valence-electron chi connectivity index (χ2n) is 5.94.